The van der Waals surface area contributed by atoms with Crippen LogP contribution in [0.25, 0.3) is 0 Å². The van der Waals surface area contributed by atoms with E-state index in [0.29, 0.717) is 36.8 Å². The number of allylic oxidation sites excluding steroid dienone is 8. The van der Waals surface area contributed by atoms with E-state index in [0.717, 1.165) is 31.3 Å². The van der Waals surface area contributed by atoms with Crippen LogP contribution < -0.4 is 5.32 Å². The summed E-state index contributed by atoms with van der Waals surface area (Å²) in [6.45, 7) is 16.2. The molecule has 1 amide bonds. The van der Waals surface area contributed by atoms with Gasteiger partial charge in [0.15, 0.2) is 0 Å². The third kappa shape index (κ3) is 17.2. The third-order valence-corrected chi connectivity index (χ3v) is 5.23. The Morgan fingerprint density at radius 3 is 2.33 bits per heavy atom. The number of esters is 1. The molecule has 1 aliphatic rings. The van der Waals surface area contributed by atoms with E-state index in [1.54, 1.807) is 6.92 Å². The molecule has 0 radical (unpaired) electrons. The number of rotatable bonds is 11. The first-order valence-corrected chi connectivity index (χ1v) is 12.8. The van der Waals surface area contributed by atoms with Crippen molar-refractivity contribution < 1.29 is 14.3 Å². The fourth-order valence-corrected chi connectivity index (χ4v) is 3.02. The van der Waals surface area contributed by atoms with Crippen molar-refractivity contribution in [3.8, 4) is 0 Å². The van der Waals surface area contributed by atoms with E-state index in [2.05, 4.69) is 50.5 Å². The lowest BCUT2D eigenvalue weighted by molar-refractivity contribution is -0.148. The normalized spacial score (nSPS) is 15.9. The van der Waals surface area contributed by atoms with Crippen molar-refractivity contribution in [2.75, 3.05) is 18.9 Å². The molecule has 0 saturated heterocycles. The molecule has 0 heterocycles. The van der Waals surface area contributed by atoms with Gasteiger partial charge in [-0.1, -0.05) is 63.6 Å². The van der Waals surface area contributed by atoms with Crippen LogP contribution in [0.15, 0.2) is 60.3 Å². The average molecular weight is 478 g/mol. The summed E-state index contributed by atoms with van der Waals surface area (Å²) in [6, 6.07) is 0. The molecule has 0 aromatic heterocycles. The zero-order valence-corrected chi connectivity index (χ0v) is 22.6. The first-order valence-electron chi connectivity index (χ1n) is 12.2. The Morgan fingerprint density at radius 2 is 1.88 bits per heavy atom. The Bertz CT molecular complexity index is 658. The molecular formula is C28H47NO3S. The second-order valence-electron chi connectivity index (χ2n) is 7.61. The second kappa shape index (κ2) is 23.2. The van der Waals surface area contributed by atoms with Crippen LogP contribution >= 0.6 is 12.6 Å². The topological polar surface area (TPSA) is 55.4 Å². The van der Waals surface area contributed by atoms with Crippen molar-refractivity contribution >= 4 is 24.5 Å². The maximum atomic E-state index is 12.5. The molecule has 0 spiro atoms. The summed E-state index contributed by atoms with van der Waals surface area (Å²) >= 11 is 4.29. The molecule has 4 nitrogen and oxygen atoms in total. The van der Waals surface area contributed by atoms with Gasteiger partial charge in [-0.05, 0) is 64.0 Å². The summed E-state index contributed by atoms with van der Waals surface area (Å²) in [4.78, 5) is 24.4. The third-order valence-electron chi connectivity index (χ3n) is 4.89. The number of nitrogens with one attached hydrogen (secondary N) is 1. The van der Waals surface area contributed by atoms with Crippen LogP contribution in [0.4, 0.5) is 0 Å². The summed E-state index contributed by atoms with van der Waals surface area (Å²) in [5.41, 5.74) is 1.66. The number of ether oxygens (including phenoxy) is 1. The molecule has 2 unspecified atom stereocenters. The molecule has 0 aliphatic heterocycles. The minimum absolute atomic E-state index is 0.173. The van der Waals surface area contributed by atoms with Gasteiger partial charge in [0.1, 0.15) is 0 Å². The van der Waals surface area contributed by atoms with Gasteiger partial charge in [-0.2, -0.15) is 12.6 Å². The second-order valence-corrected chi connectivity index (χ2v) is 7.93. The summed E-state index contributed by atoms with van der Waals surface area (Å²) in [5.74, 6) is 0.163. The molecule has 188 valence electrons. The van der Waals surface area contributed by atoms with Gasteiger partial charge >= 0.3 is 5.97 Å². The zero-order valence-electron chi connectivity index (χ0n) is 21.7. The van der Waals surface area contributed by atoms with E-state index in [1.807, 2.05) is 51.2 Å². The number of carbonyl (C=O) groups is 2. The lowest BCUT2D eigenvalue weighted by atomic mass is 9.93. The molecule has 0 fully saturated rings. The van der Waals surface area contributed by atoms with Gasteiger partial charge in [-0.15, -0.1) is 6.58 Å². The summed E-state index contributed by atoms with van der Waals surface area (Å²) < 4.78 is 5.08. The Balaban J connectivity index is 0. The minimum Gasteiger partial charge on any atom is -0.466 e. The smallest absolute Gasteiger partial charge is 0.310 e. The molecule has 33 heavy (non-hydrogen) atoms. The molecule has 0 saturated carbocycles. The molecule has 5 heteroatoms. The zero-order chi connectivity index (χ0) is 25.5. The lowest BCUT2D eigenvalue weighted by Gasteiger charge is -2.17. The van der Waals surface area contributed by atoms with Gasteiger partial charge in [-0.25, -0.2) is 0 Å². The van der Waals surface area contributed by atoms with Crippen LogP contribution in [0.2, 0.25) is 0 Å². The van der Waals surface area contributed by atoms with E-state index in [4.69, 9.17) is 4.74 Å². The van der Waals surface area contributed by atoms with Crippen LogP contribution in [0.3, 0.4) is 0 Å². The van der Waals surface area contributed by atoms with Crippen molar-refractivity contribution in [1.29, 1.82) is 0 Å². The monoisotopic (exact) mass is 477 g/mol. The Morgan fingerprint density at radius 1 is 1.24 bits per heavy atom. The molecular weight excluding hydrogens is 430 g/mol. The lowest BCUT2D eigenvalue weighted by Crippen LogP contribution is -2.35. The fraction of sp³-hybridized carbons (Fsp3) is 0.571. The van der Waals surface area contributed by atoms with Gasteiger partial charge in [-0.3, -0.25) is 9.59 Å². The molecule has 1 N–H and O–H groups in total. The highest BCUT2D eigenvalue weighted by atomic mass is 32.1. The molecule has 1 rings (SSSR count). The van der Waals surface area contributed by atoms with Crippen molar-refractivity contribution in [2.24, 2.45) is 11.8 Å². The summed E-state index contributed by atoms with van der Waals surface area (Å²) in [6.07, 6.45) is 18.9. The van der Waals surface area contributed by atoms with Crippen molar-refractivity contribution in [2.45, 2.75) is 73.6 Å². The Hall–Kier alpha value is -2.01. The average Bonchev–Trinajstić information content (AvgIpc) is 2.85. The number of hydrogen-bond acceptors (Lipinski definition) is 4. The highest BCUT2D eigenvalue weighted by molar-refractivity contribution is 7.80. The van der Waals surface area contributed by atoms with Gasteiger partial charge in [0, 0.05) is 17.9 Å². The first kappa shape index (κ1) is 33.2. The highest BCUT2D eigenvalue weighted by Gasteiger charge is 2.20. The Labute approximate surface area is 208 Å². The first-order chi connectivity index (χ1) is 15.9. The molecule has 0 bridgehead atoms. The van der Waals surface area contributed by atoms with Crippen molar-refractivity contribution in [3.63, 3.8) is 0 Å². The molecule has 2 atom stereocenters. The Kier molecular flexibility index (Phi) is 23.3. The highest BCUT2D eigenvalue weighted by Crippen LogP contribution is 2.21. The summed E-state index contributed by atoms with van der Waals surface area (Å²) in [7, 11) is 0. The number of carbonyl (C=O) groups excluding carboxylic acids is 2. The van der Waals surface area contributed by atoms with Gasteiger partial charge in [0.05, 0.1) is 12.5 Å². The van der Waals surface area contributed by atoms with Crippen LogP contribution in [-0.4, -0.2) is 30.8 Å². The van der Waals surface area contributed by atoms with Gasteiger partial charge in [0.2, 0.25) is 5.91 Å². The molecule has 0 aromatic carbocycles. The molecule has 1 aliphatic carbocycles. The quantitative estimate of drug-likeness (QED) is 0.146. The van der Waals surface area contributed by atoms with Gasteiger partial charge in [0.25, 0.3) is 0 Å². The largest absolute Gasteiger partial charge is 0.466 e. The standard InChI is InChI=1S/C20H31NO3S.2C4H8/c1-4-8-17(20(23)24-6-3)13-21-19(22)18(14-25)12-16-10-7-9-15(5-2)11-16;2*1-3-4-2/h7,10-12,15,17,25H,4-6,8-9,13-14H2,1-3H3,(H,21,22);3-4H,1-2H3;3H,1,4H2,2H3/b18-12+;4-3-;. The van der Waals surface area contributed by atoms with Crippen LogP contribution in [0, 0.1) is 11.8 Å². The predicted molar refractivity (Wildman–Crippen MR) is 147 cm³/mol. The number of hydrogen-bond donors (Lipinski definition) is 2. The SMILES string of the molecule is C/C=C\C.C=CCC.CCCC(CNC(=O)/C(=C/C1=CC(CC)CC=C1)CS)C(=O)OCC. The fourth-order valence-electron chi connectivity index (χ4n) is 2.78. The maximum absolute atomic E-state index is 12.5. The van der Waals surface area contributed by atoms with Crippen LogP contribution in [-0.2, 0) is 14.3 Å². The van der Waals surface area contributed by atoms with E-state index in [9.17, 15) is 9.59 Å². The number of thiol groups is 1. The van der Waals surface area contributed by atoms with Crippen molar-refractivity contribution in [1.82, 2.24) is 5.32 Å². The van der Waals surface area contributed by atoms with E-state index in [-0.39, 0.29) is 17.8 Å². The van der Waals surface area contributed by atoms with Gasteiger partial charge < -0.3 is 10.1 Å². The number of amides is 1. The van der Waals surface area contributed by atoms with Crippen molar-refractivity contribution in [3.05, 3.63) is 60.3 Å². The summed E-state index contributed by atoms with van der Waals surface area (Å²) in [5, 5.41) is 2.86. The molecule has 0 aromatic rings. The van der Waals surface area contributed by atoms with E-state index in [1.165, 1.54) is 0 Å². The van der Waals surface area contributed by atoms with E-state index >= 15 is 0 Å². The van der Waals surface area contributed by atoms with Crippen LogP contribution in [0.5, 0.6) is 0 Å². The predicted octanol–water partition coefficient (Wildman–Crippen LogP) is 7.02. The van der Waals surface area contributed by atoms with E-state index < -0.39 is 0 Å². The minimum atomic E-state index is -0.298. The maximum Gasteiger partial charge on any atom is 0.310 e. The van der Waals surface area contributed by atoms with Crippen LogP contribution in [0.1, 0.15) is 73.6 Å².